The van der Waals surface area contributed by atoms with Crippen LogP contribution in [-0.4, -0.2) is 24.7 Å². The predicted molar refractivity (Wildman–Crippen MR) is 119 cm³/mol. The number of hydrazone groups is 1. The van der Waals surface area contributed by atoms with Crippen LogP contribution in [0.3, 0.4) is 0 Å². The number of likely N-dealkylation sites (N-methyl/N-ethyl adjacent to an activating group) is 1. The molecule has 0 fully saturated rings. The van der Waals surface area contributed by atoms with Crippen LogP contribution < -0.4 is 10.3 Å². The molecule has 1 aliphatic rings. The number of fused-ring (bicyclic) bond motifs is 1. The number of carbonyl (C=O) groups excluding carboxylic acids is 1. The minimum absolute atomic E-state index is 0.0954. The molecule has 1 aliphatic heterocycles. The van der Waals surface area contributed by atoms with Crippen molar-refractivity contribution in [2.75, 3.05) is 11.9 Å². The van der Waals surface area contributed by atoms with Crippen LogP contribution in [0, 0.1) is 0 Å². The molecule has 0 aliphatic carbocycles. The first kappa shape index (κ1) is 20.7. The second-order valence-corrected chi connectivity index (χ2v) is 8.51. The normalized spacial score (nSPS) is 15.4. The van der Waals surface area contributed by atoms with Crippen LogP contribution in [-0.2, 0) is 0 Å². The maximum Gasteiger partial charge on any atom is 0.272 e. The van der Waals surface area contributed by atoms with Crippen LogP contribution in [0.4, 0.5) is 5.69 Å². The lowest BCUT2D eigenvalue weighted by Gasteiger charge is -2.40. The van der Waals surface area contributed by atoms with Gasteiger partial charge < -0.3 is 4.90 Å². The smallest absolute Gasteiger partial charge is 0.272 e. The van der Waals surface area contributed by atoms with Gasteiger partial charge in [0.15, 0.2) is 0 Å². The highest BCUT2D eigenvalue weighted by atomic mass is 35.5. The summed E-state index contributed by atoms with van der Waals surface area (Å²) in [5.74, 6) is -0.426. The minimum Gasteiger partial charge on any atom is -0.365 e. The van der Waals surface area contributed by atoms with Gasteiger partial charge >= 0.3 is 0 Å². The minimum atomic E-state index is -0.426. The highest BCUT2D eigenvalue weighted by Crippen LogP contribution is 2.40. The Morgan fingerprint density at radius 1 is 1.14 bits per heavy atom. The fraction of sp³-hybridized carbons (Fsp3) is 0.238. The molecule has 1 N–H and O–H groups in total. The van der Waals surface area contributed by atoms with Crippen molar-refractivity contribution in [3.05, 3.63) is 68.2 Å². The van der Waals surface area contributed by atoms with Gasteiger partial charge in [-0.05, 0) is 56.7 Å². The van der Waals surface area contributed by atoms with Crippen molar-refractivity contribution in [1.82, 2.24) is 5.43 Å². The van der Waals surface area contributed by atoms with Crippen molar-refractivity contribution in [3.63, 3.8) is 0 Å². The van der Waals surface area contributed by atoms with E-state index in [-0.39, 0.29) is 10.6 Å². The Balaban J connectivity index is 1.84. The molecule has 0 aromatic heterocycles. The fourth-order valence-electron chi connectivity index (χ4n) is 3.18. The van der Waals surface area contributed by atoms with Crippen molar-refractivity contribution in [2.24, 2.45) is 5.10 Å². The van der Waals surface area contributed by atoms with E-state index in [1.54, 1.807) is 12.1 Å². The van der Waals surface area contributed by atoms with Crippen LogP contribution in [0.1, 0.15) is 42.3 Å². The number of allylic oxidation sites excluding steroid dienone is 1. The first-order valence-corrected chi connectivity index (χ1v) is 9.79. The van der Waals surface area contributed by atoms with E-state index in [1.165, 1.54) is 17.9 Å². The maximum atomic E-state index is 12.3. The molecule has 3 rings (SSSR count). The molecular formula is C21H20Cl3N3O. The molecule has 0 saturated carbocycles. The number of amides is 1. The summed E-state index contributed by atoms with van der Waals surface area (Å²) < 4.78 is 0. The molecule has 2 aromatic rings. The Morgan fingerprint density at radius 3 is 2.54 bits per heavy atom. The highest BCUT2D eigenvalue weighted by Gasteiger charge is 2.29. The topological polar surface area (TPSA) is 44.7 Å². The van der Waals surface area contributed by atoms with E-state index in [1.807, 2.05) is 19.2 Å². The predicted octanol–water partition coefficient (Wildman–Crippen LogP) is 6.04. The van der Waals surface area contributed by atoms with E-state index in [9.17, 15) is 4.79 Å². The fourth-order valence-corrected chi connectivity index (χ4v) is 3.88. The number of rotatable bonds is 3. The van der Waals surface area contributed by atoms with Crippen LogP contribution in [0.5, 0.6) is 0 Å². The Morgan fingerprint density at radius 2 is 1.86 bits per heavy atom. The number of hydrogen-bond donors (Lipinski definition) is 1. The van der Waals surface area contributed by atoms with Gasteiger partial charge in [-0.15, -0.1) is 0 Å². The number of halogens is 3. The zero-order chi connectivity index (χ0) is 20.6. The average Bonchev–Trinajstić information content (AvgIpc) is 2.60. The lowest BCUT2D eigenvalue weighted by Crippen LogP contribution is -2.42. The second-order valence-electron chi connectivity index (χ2n) is 7.25. The van der Waals surface area contributed by atoms with Gasteiger partial charge in [0.25, 0.3) is 5.91 Å². The van der Waals surface area contributed by atoms with E-state index in [0.717, 1.165) is 11.3 Å². The SMILES string of the molecule is CC1=CC(C)(C)N(C)c2cc(Cl)c(/C=N\NC(=O)c3ccc(Cl)cc3Cl)cc21. The molecule has 1 heterocycles. The summed E-state index contributed by atoms with van der Waals surface area (Å²) >= 11 is 18.4. The molecule has 0 unspecified atom stereocenters. The molecule has 0 radical (unpaired) electrons. The van der Waals surface area contributed by atoms with Crippen molar-refractivity contribution in [1.29, 1.82) is 0 Å². The number of hydrogen-bond acceptors (Lipinski definition) is 3. The first-order valence-electron chi connectivity index (χ1n) is 8.66. The monoisotopic (exact) mass is 435 g/mol. The van der Waals surface area contributed by atoms with Crippen molar-refractivity contribution < 1.29 is 4.79 Å². The van der Waals surface area contributed by atoms with Gasteiger partial charge in [-0.2, -0.15) is 5.10 Å². The van der Waals surface area contributed by atoms with Crippen molar-refractivity contribution >= 4 is 58.2 Å². The molecule has 0 bridgehead atoms. The number of anilines is 1. The highest BCUT2D eigenvalue weighted by molar-refractivity contribution is 6.36. The molecule has 0 spiro atoms. The van der Waals surface area contributed by atoms with Gasteiger partial charge in [0, 0.05) is 28.9 Å². The number of carbonyl (C=O) groups is 1. The molecule has 0 atom stereocenters. The molecule has 1 amide bonds. The lowest BCUT2D eigenvalue weighted by atomic mass is 9.88. The summed E-state index contributed by atoms with van der Waals surface area (Å²) in [6.45, 7) is 6.38. The summed E-state index contributed by atoms with van der Waals surface area (Å²) in [7, 11) is 2.04. The molecular weight excluding hydrogens is 417 g/mol. The van der Waals surface area contributed by atoms with E-state index in [0.29, 0.717) is 21.2 Å². The Bertz CT molecular complexity index is 1010. The van der Waals surface area contributed by atoms with E-state index < -0.39 is 5.91 Å². The summed E-state index contributed by atoms with van der Waals surface area (Å²) in [4.78, 5) is 14.4. The third kappa shape index (κ3) is 4.04. The standard InChI is InChI=1S/C21H20Cl3N3O/c1-12-10-21(2,3)27(4)19-9-17(23)13(7-16(12)19)11-25-26-20(28)15-6-5-14(22)8-18(15)24/h5-11H,1-4H3,(H,26,28)/b25-11-. The van der Waals surface area contributed by atoms with Gasteiger partial charge in [0.2, 0.25) is 0 Å². The molecule has 146 valence electrons. The number of nitrogens with zero attached hydrogens (tertiary/aromatic N) is 2. The van der Waals surface area contributed by atoms with Crippen LogP contribution in [0.25, 0.3) is 5.57 Å². The molecule has 7 heteroatoms. The van der Waals surface area contributed by atoms with Gasteiger partial charge in [0.1, 0.15) is 0 Å². The summed E-state index contributed by atoms with van der Waals surface area (Å²) in [5, 5.41) is 5.31. The molecule has 0 saturated heterocycles. The van der Waals surface area contributed by atoms with E-state index >= 15 is 0 Å². The van der Waals surface area contributed by atoms with Gasteiger partial charge in [-0.3, -0.25) is 4.79 Å². The van der Waals surface area contributed by atoms with Crippen molar-refractivity contribution in [3.8, 4) is 0 Å². The van der Waals surface area contributed by atoms with Crippen LogP contribution in [0.15, 0.2) is 41.5 Å². The van der Waals surface area contributed by atoms with E-state index in [4.69, 9.17) is 34.8 Å². The summed E-state index contributed by atoms with van der Waals surface area (Å²) in [6.07, 6.45) is 3.74. The number of nitrogens with one attached hydrogen (secondary N) is 1. The average molecular weight is 437 g/mol. The molecule has 28 heavy (non-hydrogen) atoms. The van der Waals surface area contributed by atoms with Crippen LogP contribution in [0.2, 0.25) is 15.1 Å². The Hall–Kier alpha value is -2.01. The molecule has 2 aromatic carbocycles. The molecule has 4 nitrogen and oxygen atoms in total. The third-order valence-corrected chi connectivity index (χ3v) is 5.76. The Labute approximate surface area is 179 Å². The lowest BCUT2D eigenvalue weighted by molar-refractivity contribution is 0.0955. The summed E-state index contributed by atoms with van der Waals surface area (Å²) in [6, 6.07) is 8.55. The zero-order valence-corrected chi connectivity index (χ0v) is 18.2. The summed E-state index contributed by atoms with van der Waals surface area (Å²) in [5.41, 5.74) is 6.69. The van der Waals surface area contributed by atoms with Gasteiger partial charge in [-0.1, -0.05) is 40.9 Å². The maximum absolute atomic E-state index is 12.3. The zero-order valence-electron chi connectivity index (χ0n) is 16.0. The largest absolute Gasteiger partial charge is 0.365 e. The first-order chi connectivity index (χ1) is 13.1. The second kappa shape index (κ2) is 7.78. The van der Waals surface area contributed by atoms with E-state index in [2.05, 4.69) is 42.3 Å². The van der Waals surface area contributed by atoms with Crippen molar-refractivity contribution in [2.45, 2.75) is 26.3 Å². The number of benzene rings is 2. The van der Waals surface area contributed by atoms with Gasteiger partial charge in [-0.25, -0.2) is 5.43 Å². The quantitative estimate of drug-likeness (QED) is 0.471. The van der Waals surface area contributed by atoms with Crippen LogP contribution >= 0.6 is 34.8 Å². The third-order valence-electron chi connectivity index (χ3n) is 4.88. The van der Waals surface area contributed by atoms with Gasteiger partial charge in [0.05, 0.1) is 27.4 Å². The Kier molecular flexibility index (Phi) is 5.76.